The van der Waals surface area contributed by atoms with Crippen molar-refractivity contribution in [3.8, 4) is 5.69 Å². The van der Waals surface area contributed by atoms with Crippen LogP contribution in [-0.4, -0.2) is 29.4 Å². The molecule has 0 amide bonds. The van der Waals surface area contributed by atoms with E-state index < -0.39 is 10.1 Å². The topological polar surface area (TPSA) is 74.1 Å². The molecule has 0 N–H and O–H groups in total. The lowest BCUT2D eigenvalue weighted by molar-refractivity contribution is 0.311. The Bertz CT molecular complexity index is 635. The van der Waals surface area contributed by atoms with Crippen molar-refractivity contribution in [1.82, 2.24) is 14.8 Å². The van der Waals surface area contributed by atoms with Crippen LogP contribution in [0.5, 0.6) is 0 Å². The zero-order valence-electron chi connectivity index (χ0n) is 10.1. The van der Waals surface area contributed by atoms with Crippen molar-refractivity contribution in [1.29, 1.82) is 0 Å². The Kier molecular flexibility index (Phi) is 3.44. The third kappa shape index (κ3) is 3.14. The number of pyridine rings is 1. The molecule has 96 valence electrons. The van der Waals surface area contributed by atoms with Gasteiger partial charge in [0.2, 0.25) is 0 Å². The van der Waals surface area contributed by atoms with E-state index in [2.05, 4.69) is 10.1 Å². The van der Waals surface area contributed by atoms with Crippen molar-refractivity contribution in [3.05, 3.63) is 42.0 Å². The van der Waals surface area contributed by atoms with Crippen LogP contribution in [0.25, 0.3) is 5.69 Å². The minimum absolute atomic E-state index is 0.00422. The van der Waals surface area contributed by atoms with Crippen LogP contribution in [0.4, 0.5) is 0 Å². The minimum Gasteiger partial charge on any atom is -0.265 e. The molecule has 0 saturated heterocycles. The lowest BCUT2D eigenvalue weighted by Gasteiger charge is -1.99. The van der Waals surface area contributed by atoms with Gasteiger partial charge in [-0.1, -0.05) is 0 Å². The van der Waals surface area contributed by atoms with E-state index >= 15 is 0 Å². The molecule has 2 rings (SSSR count). The summed E-state index contributed by atoms with van der Waals surface area (Å²) in [7, 11) is -3.44. The zero-order valence-corrected chi connectivity index (χ0v) is 10.9. The van der Waals surface area contributed by atoms with Crippen LogP contribution in [0, 0.1) is 6.92 Å². The molecule has 0 aliphatic rings. The lowest BCUT2D eigenvalue weighted by atomic mass is 10.3. The molecule has 18 heavy (non-hydrogen) atoms. The summed E-state index contributed by atoms with van der Waals surface area (Å²) < 4.78 is 28.3. The van der Waals surface area contributed by atoms with Gasteiger partial charge in [0.05, 0.1) is 24.2 Å². The summed E-state index contributed by atoms with van der Waals surface area (Å²) in [6, 6.07) is 3.63. The first-order valence-corrected chi connectivity index (χ1v) is 7.07. The highest BCUT2D eigenvalue weighted by Gasteiger charge is 2.09. The van der Waals surface area contributed by atoms with Crippen LogP contribution in [0.1, 0.15) is 11.3 Å². The van der Waals surface area contributed by atoms with Crippen molar-refractivity contribution >= 4 is 10.1 Å². The molecular formula is C11H13N3O3S. The monoisotopic (exact) mass is 267 g/mol. The largest absolute Gasteiger partial charge is 0.265 e. The number of hydrogen-bond acceptors (Lipinski definition) is 5. The summed E-state index contributed by atoms with van der Waals surface area (Å²) in [5, 5.41) is 4.30. The third-order valence-electron chi connectivity index (χ3n) is 2.36. The van der Waals surface area contributed by atoms with Crippen molar-refractivity contribution in [2.45, 2.75) is 13.5 Å². The van der Waals surface area contributed by atoms with Crippen molar-refractivity contribution in [2.75, 3.05) is 6.26 Å². The van der Waals surface area contributed by atoms with Gasteiger partial charge in [-0.05, 0) is 19.1 Å². The van der Waals surface area contributed by atoms with E-state index in [0.29, 0.717) is 0 Å². The summed E-state index contributed by atoms with van der Waals surface area (Å²) >= 11 is 0. The van der Waals surface area contributed by atoms with Crippen LogP contribution < -0.4 is 0 Å². The van der Waals surface area contributed by atoms with Crippen molar-refractivity contribution < 1.29 is 12.6 Å². The molecule has 2 aromatic rings. The standard InChI is InChI=1S/C11H13N3O3S/c1-9-10(8-17-18(2,15)16)7-14(13-9)11-3-5-12-6-4-11/h3-7H,8H2,1-2H3. The SMILES string of the molecule is Cc1nn(-c2ccncc2)cc1COS(C)(=O)=O. The molecule has 0 saturated carbocycles. The van der Waals surface area contributed by atoms with Gasteiger partial charge in [0.25, 0.3) is 10.1 Å². The predicted molar refractivity (Wildman–Crippen MR) is 65.7 cm³/mol. The van der Waals surface area contributed by atoms with E-state index in [9.17, 15) is 8.42 Å². The molecule has 0 aromatic carbocycles. The fourth-order valence-corrected chi connectivity index (χ4v) is 1.78. The minimum atomic E-state index is -3.44. The second kappa shape index (κ2) is 4.87. The summed E-state index contributed by atoms with van der Waals surface area (Å²) in [6.07, 6.45) is 6.10. The second-order valence-electron chi connectivity index (χ2n) is 3.86. The van der Waals surface area contributed by atoms with Gasteiger partial charge in [-0.15, -0.1) is 0 Å². The Balaban J connectivity index is 2.23. The van der Waals surface area contributed by atoms with Gasteiger partial charge >= 0.3 is 0 Å². The maximum atomic E-state index is 10.9. The molecule has 0 aliphatic heterocycles. The van der Waals surface area contributed by atoms with E-state index in [1.165, 1.54) is 0 Å². The molecule has 2 heterocycles. The second-order valence-corrected chi connectivity index (χ2v) is 5.50. The summed E-state index contributed by atoms with van der Waals surface area (Å²) in [5.74, 6) is 0. The van der Waals surface area contributed by atoms with Gasteiger partial charge in [0.1, 0.15) is 0 Å². The third-order valence-corrected chi connectivity index (χ3v) is 2.90. The maximum absolute atomic E-state index is 10.9. The van der Waals surface area contributed by atoms with Gasteiger partial charge < -0.3 is 0 Å². The van der Waals surface area contributed by atoms with Crippen molar-refractivity contribution in [3.63, 3.8) is 0 Å². The van der Waals surface area contributed by atoms with Crippen LogP contribution in [-0.2, 0) is 20.9 Å². The molecule has 2 aromatic heterocycles. The zero-order chi connectivity index (χ0) is 13.2. The van der Waals surface area contributed by atoms with Crippen LogP contribution in [0.3, 0.4) is 0 Å². The average Bonchev–Trinajstić information content (AvgIpc) is 2.68. The normalized spacial score (nSPS) is 11.7. The molecule has 0 fully saturated rings. The molecule has 0 bridgehead atoms. The highest BCUT2D eigenvalue weighted by atomic mass is 32.2. The number of nitrogens with zero attached hydrogens (tertiary/aromatic N) is 3. The molecule has 0 spiro atoms. The summed E-state index contributed by atoms with van der Waals surface area (Å²) in [4.78, 5) is 3.92. The Hall–Kier alpha value is -1.73. The molecule has 0 radical (unpaired) electrons. The molecular weight excluding hydrogens is 254 g/mol. The Morgan fingerprint density at radius 1 is 1.33 bits per heavy atom. The average molecular weight is 267 g/mol. The van der Waals surface area contributed by atoms with E-state index in [-0.39, 0.29) is 6.61 Å². The van der Waals surface area contributed by atoms with Gasteiger partial charge in [-0.2, -0.15) is 13.5 Å². The first kappa shape index (κ1) is 12.7. The summed E-state index contributed by atoms with van der Waals surface area (Å²) in [5.41, 5.74) is 2.33. The van der Waals surface area contributed by atoms with E-state index in [1.807, 2.05) is 12.1 Å². The fourth-order valence-electron chi connectivity index (χ4n) is 1.44. The van der Waals surface area contributed by atoms with E-state index in [0.717, 1.165) is 23.2 Å². The van der Waals surface area contributed by atoms with Crippen LogP contribution in [0.15, 0.2) is 30.7 Å². The first-order valence-electron chi connectivity index (χ1n) is 5.25. The predicted octanol–water partition coefficient (Wildman–Crippen LogP) is 1.05. The lowest BCUT2D eigenvalue weighted by Crippen LogP contribution is -2.02. The Morgan fingerprint density at radius 2 is 2.00 bits per heavy atom. The van der Waals surface area contributed by atoms with Gasteiger partial charge in [-0.3, -0.25) is 9.17 Å². The smallest absolute Gasteiger partial charge is 0.264 e. The number of aryl methyl sites for hydroxylation is 1. The summed E-state index contributed by atoms with van der Waals surface area (Å²) in [6.45, 7) is 1.80. The number of hydrogen-bond donors (Lipinski definition) is 0. The first-order chi connectivity index (χ1) is 8.46. The quantitative estimate of drug-likeness (QED) is 0.774. The van der Waals surface area contributed by atoms with Gasteiger partial charge in [-0.25, -0.2) is 4.68 Å². The van der Waals surface area contributed by atoms with Gasteiger partial charge in [0, 0.05) is 24.2 Å². The molecule has 7 heteroatoms. The highest BCUT2D eigenvalue weighted by molar-refractivity contribution is 7.85. The van der Waals surface area contributed by atoms with E-state index in [1.54, 1.807) is 30.2 Å². The maximum Gasteiger partial charge on any atom is 0.264 e. The molecule has 0 aliphatic carbocycles. The van der Waals surface area contributed by atoms with Crippen LogP contribution >= 0.6 is 0 Å². The fraction of sp³-hybridized carbons (Fsp3) is 0.273. The Morgan fingerprint density at radius 3 is 2.61 bits per heavy atom. The Labute approximate surface area is 105 Å². The highest BCUT2D eigenvalue weighted by Crippen LogP contribution is 2.12. The van der Waals surface area contributed by atoms with Gasteiger partial charge in [0.15, 0.2) is 0 Å². The molecule has 0 atom stereocenters. The number of rotatable bonds is 4. The van der Waals surface area contributed by atoms with Crippen molar-refractivity contribution in [2.24, 2.45) is 0 Å². The van der Waals surface area contributed by atoms with E-state index in [4.69, 9.17) is 4.18 Å². The van der Waals surface area contributed by atoms with Crippen LogP contribution in [0.2, 0.25) is 0 Å². The number of aromatic nitrogens is 3. The molecule has 6 nitrogen and oxygen atoms in total. The molecule has 0 unspecified atom stereocenters.